The third kappa shape index (κ3) is 6.37. The van der Waals surface area contributed by atoms with Crippen LogP contribution in [0.5, 0.6) is 0 Å². The van der Waals surface area contributed by atoms with E-state index < -0.39 is 18.0 Å². The van der Waals surface area contributed by atoms with Crippen LogP contribution in [0.3, 0.4) is 0 Å². The second kappa shape index (κ2) is 9.10. The Labute approximate surface area is 123 Å². The lowest BCUT2D eigenvalue weighted by atomic mass is 10.1. The van der Waals surface area contributed by atoms with Gasteiger partial charge in [-0.3, -0.25) is 0 Å². The Hall–Kier alpha value is -1.92. The lowest BCUT2D eigenvalue weighted by Crippen LogP contribution is -2.14. The van der Waals surface area contributed by atoms with Crippen molar-refractivity contribution in [2.75, 3.05) is 13.2 Å². The van der Waals surface area contributed by atoms with Gasteiger partial charge in [-0.2, -0.15) is 0 Å². The number of aliphatic hydroxyl groups is 2. The van der Waals surface area contributed by atoms with Crippen LogP contribution in [0.15, 0.2) is 24.3 Å². The highest BCUT2D eigenvalue weighted by molar-refractivity contribution is 5.94. The Balaban J connectivity index is 2.37. The summed E-state index contributed by atoms with van der Waals surface area (Å²) in [5.74, 6) is -1.72. The summed E-state index contributed by atoms with van der Waals surface area (Å²) < 4.78 is 5.00. The summed E-state index contributed by atoms with van der Waals surface area (Å²) in [6.45, 7) is 0.165. The van der Waals surface area contributed by atoms with Gasteiger partial charge in [0.15, 0.2) is 0 Å². The third-order valence-corrected chi connectivity index (χ3v) is 2.97. The smallest absolute Gasteiger partial charge is 0.338 e. The molecular weight excluding hydrogens is 276 g/mol. The van der Waals surface area contributed by atoms with Crippen LogP contribution >= 0.6 is 0 Å². The standard InChI is InChI=1S/C15H20O6/c16-8-2-1-6-13(17)7-9-21-15(20)12-5-3-4-11(10-12)14(18)19/h3-5,10,13,16-17H,1-2,6-9H2,(H,18,19). The average Bonchev–Trinajstić information content (AvgIpc) is 2.47. The lowest BCUT2D eigenvalue weighted by Gasteiger charge is -2.10. The minimum Gasteiger partial charge on any atom is -0.478 e. The van der Waals surface area contributed by atoms with Crippen LogP contribution < -0.4 is 0 Å². The molecule has 0 spiro atoms. The fourth-order valence-corrected chi connectivity index (χ4v) is 1.79. The summed E-state index contributed by atoms with van der Waals surface area (Å²) in [5.41, 5.74) is 0.193. The summed E-state index contributed by atoms with van der Waals surface area (Å²) in [6, 6.07) is 5.60. The molecule has 0 aliphatic heterocycles. The molecule has 0 fully saturated rings. The maximum atomic E-state index is 11.7. The second-order valence-corrected chi connectivity index (χ2v) is 4.68. The molecule has 0 bridgehead atoms. The van der Waals surface area contributed by atoms with Crippen molar-refractivity contribution in [3.05, 3.63) is 35.4 Å². The van der Waals surface area contributed by atoms with Crippen LogP contribution in [0.1, 0.15) is 46.4 Å². The third-order valence-electron chi connectivity index (χ3n) is 2.97. The maximum absolute atomic E-state index is 11.7. The lowest BCUT2D eigenvalue weighted by molar-refractivity contribution is 0.0421. The molecule has 0 aromatic heterocycles. The van der Waals surface area contributed by atoms with Gasteiger partial charge in [0.2, 0.25) is 0 Å². The van der Waals surface area contributed by atoms with Gasteiger partial charge in [-0.05, 0) is 37.5 Å². The molecule has 1 rings (SSSR count). The number of rotatable bonds is 9. The van der Waals surface area contributed by atoms with Gasteiger partial charge in [-0.1, -0.05) is 6.07 Å². The van der Waals surface area contributed by atoms with Gasteiger partial charge in [0.05, 0.1) is 23.8 Å². The van der Waals surface area contributed by atoms with E-state index in [0.29, 0.717) is 25.7 Å². The zero-order chi connectivity index (χ0) is 15.7. The molecule has 0 aliphatic carbocycles. The van der Waals surface area contributed by atoms with Crippen molar-refractivity contribution in [3.63, 3.8) is 0 Å². The van der Waals surface area contributed by atoms with Gasteiger partial charge in [-0.15, -0.1) is 0 Å². The molecule has 1 unspecified atom stereocenters. The molecule has 0 heterocycles. The molecular formula is C15H20O6. The molecule has 0 saturated heterocycles. The number of aromatic carboxylic acids is 1. The van der Waals surface area contributed by atoms with E-state index in [2.05, 4.69) is 0 Å². The number of hydrogen-bond acceptors (Lipinski definition) is 5. The Morgan fingerprint density at radius 1 is 1.14 bits per heavy atom. The van der Waals surface area contributed by atoms with E-state index in [0.717, 1.165) is 0 Å². The number of benzene rings is 1. The summed E-state index contributed by atoms with van der Waals surface area (Å²) in [5, 5.41) is 27.1. The maximum Gasteiger partial charge on any atom is 0.338 e. The fraction of sp³-hybridized carbons (Fsp3) is 0.467. The van der Waals surface area contributed by atoms with Crippen LogP contribution in [0, 0.1) is 0 Å². The first kappa shape index (κ1) is 17.1. The van der Waals surface area contributed by atoms with E-state index in [1.165, 1.54) is 24.3 Å². The topological polar surface area (TPSA) is 104 Å². The van der Waals surface area contributed by atoms with E-state index in [-0.39, 0.29) is 24.3 Å². The monoisotopic (exact) mass is 296 g/mol. The molecule has 116 valence electrons. The van der Waals surface area contributed by atoms with Gasteiger partial charge in [0, 0.05) is 13.0 Å². The van der Waals surface area contributed by atoms with Gasteiger partial charge >= 0.3 is 11.9 Å². The fourth-order valence-electron chi connectivity index (χ4n) is 1.79. The highest BCUT2D eigenvalue weighted by Crippen LogP contribution is 2.09. The molecule has 0 radical (unpaired) electrons. The molecule has 21 heavy (non-hydrogen) atoms. The predicted molar refractivity (Wildman–Crippen MR) is 75.2 cm³/mol. The van der Waals surface area contributed by atoms with Crippen LogP contribution in [0.4, 0.5) is 0 Å². The van der Waals surface area contributed by atoms with Crippen molar-refractivity contribution in [2.45, 2.75) is 31.8 Å². The van der Waals surface area contributed by atoms with Gasteiger partial charge in [-0.25, -0.2) is 9.59 Å². The number of hydrogen-bond donors (Lipinski definition) is 3. The highest BCUT2D eigenvalue weighted by Gasteiger charge is 2.11. The summed E-state index contributed by atoms with van der Waals surface area (Å²) in [7, 11) is 0. The number of esters is 1. The average molecular weight is 296 g/mol. The minimum absolute atomic E-state index is 0.0217. The van der Waals surface area contributed by atoms with Crippen molar-refractivity contribution in [1.29, 1.82) is 0 Å². The van der Waals surface area contributed by atoms with Crippen molar-refractivity contribution in [3.8, 4) is 0 Å². The van der Waals surface area contributed by atoms with E-state index in [1.54, 1.807) is 0 Å². The quantitative estimate of drug-likeness (QED) is 0.471. The Morgan fingerprint density at radius 2 is 1.86 bits per heavy atom. The summed E-state index contributed by atoms with van der Waals surface area (Å²) in [6.07, 6.45) is 1.64. The van der Waals surface area contributed by atoms with E-state index >= 15 is 0 Å². The first-order valence-corrected chi connectivity index (χ1v) is 6.84. The number of carboxylic acids is 1. The Bertz CT molecular complexity index is 471. The molecule has 0 saturated carbocycles. The van der Waals surface area contributed by atoms with E-state index in [4.69, 9.17) is 14.9 Å². The SMILES string of the molecule is O=C(O)c1cccc(C(=O)OCCC(O)CCCCO)c1. The molecule has 1 atom stereocenters. The first-order chi connectivity index (χ1) is 10.0. The number of carbonyl (C=O) groups is 2. The Kier molecular flexibility index (Phi) is 7.42. The highest BCUT2D eigenvalue weighted by atomic mass is 16.5. The number of carbonyl (C=O) groups excluding carboxylic acids is 1. The van der Waals surface area contributed by atoms with Crippen molar-refractivity contribution in [1.82, 2.24) is 0 Å². The molecule has 0 aliphatic rings. The first-order valence-electron chi connectivity index (χ1n) is 6.84. The van der Waals surface area contributed by atoms with Gasteiger partial charge in [0.25, 0.3) is 0 Å². The zero-order valence-electron chi connectivity index (χ0n) is 11.7. The molecule has 6 nitrogen and oxygen atoms in total. The molecule has 3 N–H and O–H groups in total. The molecule has 1 aromatic carbocycles. The number of aliphatic hydroxyl groups excluding tert-OH is 2. The van der Waals surface area contributed by atoms with Crippen LogP contribution in [0.25, 0.3) is 0 Å². The number of carboxylic acid groups (broad SMARTS) is 1. The summed E-state index contributed by atoms with van der Waals surface area (Å²) >= 11 is 0. The van der Waals surface area contributed by atoms with Crippen LogP contribution in [-0.2, 0) is 4.74 Å². The van der Waals surface area contributed by atoms with Crippen LogP contribution in [0.2, 0.25) is 0 Å². The second-order valence-electron chi connectivity index (χ2n) is 4.68. The van der Waals surface area contributed by atoms with Gasteiger partial charge < -0.3 is 20.1 Å². The number of ether oxygens (including phenoxy) is 1. The number of unbranched alkanes of at least 4 members (excludes halogenated alkanes) is 1. The molecule has 1 aromatic rings. The normalized spacial score (nSPS) is 11.9. The van der Waals surface area contributed by atoms with E-state index in [1.807, 2.05) is 0 Å². The summed E-state index contributed by atoms with van der Waals surface area (Å²) in [4.78, 5) is 22.5. The molecule has 6 heteroatoms. The molecule has 0 amide bonds. The largest absolute Gasteiger partial charge is 0.478 e. The zero-order valence-corrected chi connectivity index (χ0v) is 11.7. The van der Waals surface area contributed by atoms with Crippen molar-refractivity contribution in [2.24, 2.45) is 0 Å². The van der Waals surface area contributed by atoms with Crippen LogP contribution in [-0.4, -0.2) is 46.6 Å². The van der Waals surface area contributed by atoms with Gasteiger partial charge in [0.1, 0.15) is 0 Å². The minimum atomic E-state index is -1.11. The Morgan fingerprint density at radius 3 is 2.52 bits per heavy atom. The van der Waals surface area contributed by atoms with E-state index in [9.17, 15) is 14.7 Å². The van der Waals surface area contributed by atoms with Crippen molar-refractivity contribution < 1.29 is 29.6 Å². The van der Waals surface area contributed by atoms with Crippen molar-refractivity contribution >= 4 is 11.9 Å². The predicted octanol–water partition coefficient (Wildman–Crippen LogP) is 1.46.